The topological polar surface area (TPSA) is 49.6 Å². The van der Waals surface area contributed by atoms with Crippen LogP contribution in [0.1, 0.15) is 35.1 Å². The lowest BCUT2D eigenvalue weighted by molar-refractivity contribution is 0.259. The smallest absolute Gasteiger partial charge is 0.230 e. The number of aromatic nitrogens is 3. The van der Waals surface area contributed by atoms with E-state index in [0.29, 0.717) is 5.95 Å². The van der Waals surface area contributed by atoms with Crippen LogP contribution in [0.2, 0.25) is 0 Å². The van der Waals surface area contributed by atoms with Crippen LogP contribution in [0.25, 0.3) is 15.4 Å². The van der Waals surface area contributed by atoms with Crippen LogP contribution in [0.15, 0.2) is 90.3 Å². The maximum atomic E-state index is 4.84. The summed E-state index contributed by atoms with van der Waals surface area (Å²) >= 11 is 3.97. The highest BCUT2D eigenvalue weighted by Gasteiger charge is 2.46. The molecule has 7 heteroatoms. The maximum Gasteiger partial charge on any atom is 0.230 e. The molecule has 166 valence electrons. The summed E-state index contributed by atoms with van der Waals surface area (Å²) < 4.78 is 3.43. The molecule has 0 bridgehead atoms. The van der Waals surface area contributed by atoms with E-state index in [-0.39, 0.29) is 18.2 Å². The van der Waals surface area contributed by atoms with Gasteiger partial charge < -0.3 is 9.80 Å². The van der Waals surface area contributed by atoms with E-state index in [1.54, 1.807) is 0 Å². The van der Waals surface area contributed by atoms with Crippen molar-refractivity contribution in [1.82, 2.24) is 19.4 Å². The number of rotatable bonds is 2. The van der Waals surface area contributed by atoms with E-state index in [0.717, 1.165) is 21.4 Å². The monoisotopic (exact) mass is 508 g/mol. The molecule has 6 nitrogen and oxygen atoms in total. The highest BCUT2D eigenvalue weighted by Crippen LogP contribution is 2.59. The van der Waals surface area contributed by atoms with Crippen molar-refractivity contribution in [2.24, 2.45) is 4.99 Å². The summed E-state index contributed by atoms with van der Waals surface area (Å²) in [7, 11) is 2.07. The van der Waals surface area contributed by atoms with Gasteiger partial charge in [0.15, 0.2) is 0 Å². The average molecular weight is 509 g/mol. The Morgan fingerprint density at radius 3 is 2.59 bits per heavy atom. The van der Waals surface area contributed by atoms with Crippen LogP contribution in [0.4, 0.5) is 11.6 Å². The Hall–Kier alpha value is -3.71. The molecule has 0 amide bonds. The van der Waals surface area contributed by atoms with Gasteiger partial charge >= 0.3 is 0 Å². The van der Waals surface area contributed by atoms with Gasteiger partial charge in [-0.2, -0.15) is 0 Å². The second kappa shape index (κ2) is 7.40. The third-order valence-corrected chi connectivity index (χ3v) is 7.60. The molecule has 2 aromatic heterocycles. The van der Waals surface area contributed by atoms with Crippen molar-refractivity contribution < 1.29 is 0 Å². The largest absolute Gasteiger partial charge is 0.342 e. The van der Waals surface area contributed by atoms with Gasteiger partial charge in [0.25, 0.3) is 0 Å². The Morgan fingerprint density at radius 2 is 1.74 bits per heavy atom. The number of fused-ring (bicyclic) bond motifs is 7. The van der Waals surface area contributed by atoms with Gasteiger partial charge in [-0.05, 0) is 45.8 Å². The number of halogens is 1. The number of anilines is 2. The summed E-state index contributed by atoms with van der Waals surface area (Å²) in [5.41, 5.74) is 6.03. The fourth-order valence-electron chi connectivity index (χ4n) is 5.65. The van der Waals surface area contributed by atoms with Gasteiger partial charge in [-0.1, -0.05) is 42.5 Å². The van der Waals surface area contributed by atoms with Crippen molar-refractivity contribution in [2.75, 3.05) is 11.9 Å². The van der Waals surface area contributed by atoms with Crippen molar-refractivity contribution in [1.29, 1.82) is 0 Å². The summed E-state index contributed by atoms with van der Waals surface area (Å²) in [6.45, 7) is 0. The van der Waals surface area contributed by atoms with Crippen LogP contribution in [0.3, 0.4) is 0 Å². The summed E-state index contributed by atoms with van der Waals surface area (Å²) in [5, 5.41) is 1.23. The number of hydrogen-bond donors (Lipinski definition) is 0. The predicted octanol–water partition coefficient (Wildman–Crippen LogP) is 6.14. The van der Waals surface area contributed by atoms with Gasteiger partial charge in [0.05, 0.1) is 17.3 Å². The predicted molar refractivity (Wildman–Crippen MR) is 139 cm³/mol. The summed E-state index contributed by atoms with van der Waals surface area (Å²) in [5.74, 6) is 0.890. The SMILES string of the molecule is CN1C=CC=NC1n1c2c(c3ccccc31)C1C(C=C2Br)c2ccccc2N1c1ncccn1. The van der Waals surface area contributed by atoms with Gasteiger partial charge in [-0.25, -0.2) is 15.0 Å². The molecular weight excluding hydrogens is 488 g/mol. The van der Waals surface area contributed by atoms with E-state index >= 15 is 0 Å². The van der Waals surface area contributed by atoms with Crippen LogP contribution in [0, 0.1) is 0 Å². The van der Waals surface area contributed by atoms with Crippen molar-refractivity contribution >= 4 is 49.2 Å². The van der Waals surface area contributed by atoms with E-state index in [4.69, 9.17) is 4.99 Å². The number of hydrogen-bond acceptors (Lipinski definition) is 5. The molecule has 1 aliphatic carbocycles. The van der Waals surface area contributed by atoms with Crippen molar-refractivity contribution in [3.8, 4) is 0 Å². The maximum absolute atomic E-state index is 4.84. The second-order valence-electron chi connectivity index (χ2n) is 8.76. The van der Waals surface area contributed by atoms with Crippen LogP contribution < -0.4 is 4.90 Å². The Kier molecular flexibility index (Phi) is 4.29. The molecular formula is C27H21BrN6. The molecule has 3 unspecified atom stereocenters. The molecule has 7 rings (SSSR count). The first-order chi connectivity index (χ1) is 16.7. The average Bonchev–Trinajstić information content (AvgIpc) is 3.39. The van der Waals surface area contributed by atoms with E-state index in [1.807, 2.05) is 30.8 Å². The van der Waals surface area contributed by atoms with E-state index < -0.39 is 0 Å². The summed E-state index contributed by atoms with van der Waals surface area (Å²) in [6, 6.07) is 19.1. The lowest BCUT2D eigenvalue weighted by Gasteiger charge is -2.33. The minimum absolute atomic E-state index is 0.0377. The van der Waals surface area contributed by atoms with E-state index in [9.17, 15) is 0 Å². The summed E-state index contributed by atoms with van der Waals surface area (Å²) in [6.07, 6.45) is 11.7. The highest BCUT2D eigenvalue weighted by molar-refractivity contribution is 9.15. The first kappa shape index (κ1) is 19.7. The molecule has 0 N–H and O–H groups in total. The van der Waals surface area contributed by atoms with Gasteiger partial charge in [0, 0.05) is 58.9 Å². The molecule has 0 radical (unpaired) electrons. The van der Waals surface area contributed by atoms with Gasteiger partial charge in [-0.3, -0.25) is 4.57 Å². The molecule has 0 fully saturated rings. The van der Waals surface area contributed by atoms with E-state index in [1.165, 1.54) is 16.5 Å². The molecule has 2 aromatic carbocycles. The number of aliphatic imine (C=N–C) groups is 1. The van der Waals surface area contributed by atoms with E-state index in [2.05, 4.69) is 108 Å². The van der Waals surface area contributed by atoms with Crippen molar-refractivity contribution in [2.45, 2.75) is 18.2 Å². The normalized spacial score (nSPS) is 22.5. The van der Waals surface area contributed by atoms with Gasteiger partial charge in [-0.15, -0.1) is 0 Å². The van der Waals surface area contributed by atoms with Crippen LogP contribution in [-0.2, 0) is 0 Å². The molecule has 0 saturated carbocycles. The number of benzene rings is 2. The summed E-state index contributed by atoms with van der Waals surface area (Å²) in [4.78, 5) is 18.6. The lowest BCUT2D eigenvalue weighted by Crippen LogP contribution is -2.29. The zero-order chi connectivity index (χ0) is 22.8. The molecule has 3 atom stereocenters. The van der Waals surface area contributed by atoms with Crippen LogP contribution >= 0.6 is 15.9 Å². The fourth-order valence-corrected chi connectivity index (χ4v) is 6.34. The molecule has 0 spiro atoms. The first-order valence-electron chi connectivity index (χ1n) is 11.3. The minimum atomic E-state index is -0.165. The molecule has 4 heterocycles. The standard InChI is InChI=1S/C27H21BrN6/c1-32-15-7-14-31-27(32)34-22-11-5-3-9-18(22)23-24-19(16-20(28)25(23)34)17-8-2-4-10-21(17)33(24)26-29-12-6-13-30-26/h2-16,19,24,27H,1H3. The third-order valence-electron chi connectivity index (χ3n) is 6.96. The van der Waals surface area contributed by atoms with Crippen molar-refractivity contribution in [3.05, 3.63) is 102 Å². The number of para-hydroxylation sites is 2. The third kappa shape index (κ3) is 2.64. The first-order valence-corrected chi connectivity index (χ1v) is 12.1. The zero-order valence-corrected chi connectivity index (χ0v) is 20.0. The number of nitrogens with zero attached hydrogens (tertiary/aromatic N) is 6. The Bertz CT molecular complexity index is 1520. The second-order valence-corrected chi connectivity index (χ2v) is 9.62. The quantitative estimate of drug-likeness (QED) is 0.326. The zero-order valence-electron chi connectivity index (χ0n) is 18.5. The Morgan fingerprint density at radius 1 is 0.941 bits per heavy atom. The molecule has 34 heavy (non-hydrogen) atoms. The Balaban J connectivity index is 1.55. The minimum Gasteiger partial charge on any atom is -0.342 e. The molecule has 0 saturated heterocycles. The highest BCUT2D eigenvalue weighted by atomic mass is 79.9. The van der Waals surface area contributed by atoms with Crippen molar-refractivity contribution in [3.63, 3.8) is 0 Å². The van der Waals surface area contributed by atoms with Gasteiger partial charge in [0.1, 0.15) is 0 Å². The molecule has 2 aliphatic heterocycles. The Labute approximate surface area is 205 Å². The van der Waals surface area contributed by atoms with Crippen LogP contribution in [0.5, 0.6) is 0 Å². The number of allylic oxidation sites excluding steroid dienone is 1. The van der Waals surface area contributed by atoms with Gasteiger partial charge in [0.2, 0.25) is 12.2 Å². The molecule has 3 aliphatic rings. The lowest BCUT2D eigenvalue weighted by atomic mass is 9.84. The fraction of sp³-hybridized carbons (Fsp3) is 0.148. The molecule has 4 aromatic rings. The van der Waals surface area contributed by atoms with Crippen LogP contribution in [-0.4, -0.2) is 32.7 Å².